The average molecular weight is 393 g/mol. The lowest BCUT2D eigenvalue weighted by atomic mass is 10.0. The SMILES string of the molecule is COc1ccc(NC(=O)COc2cccc(C3CC(=O)Nc4ncnn43)c2)cc1. The zero-order valence-electron chi connectivity index (χ0n) is 15.7. The standard InChI is InChI=1S/C20H19N5O4/c1-28-15-7-5-14(6-8-15)23-19(27)11-29-16-4-2-3-13(9-16)17-10-18(26)24-20-21-12-22-25(17)20/h2-9,12,17H,10-11H2,1H3,(H,23,27)(H,21,22,24,26). The van der Waals surface area contributed by atoms with Crippen LogP contribution in [0.4, 0.5) is 11.6 Å². The van der Waals surface area contributed by atoms with E-state index in [1.807, 2.05) is 12.1 Å². The van der Waals surface area contributed by atoms with E-state index >= 15 is 0 Å². The number of anilines is 2. The topological polar surface area (TPSA) is 107 Å². The number of nitrogens with one attached hydrogen (secondary N) is 2. The second kappa shape index (κ2) is 8.01. The molecule has 4 rings (SSSR count). The number of nitrogens with zero attached hydrogens (tertiary/aromatic N) is 3. The first-order valence-electron chi connectivity index (χ1n) is 8.98. The first-order valence-corrected chi connectivity index (χ1v) is 8.98. The molecule has 0 fully saturated rings. The number of aromatic nitrogens is 3. The van der Waals surface area contributed by atoms with Crippen LogP contribution in [0.25, 0.3) is 0 Å². The number of carbonyl (C=O) groups is 2. The highest BCUT2D eigenvalue weighted by atomic mass is 16.5. The molecule has 2 N–H and O–H groups in total. The van der Waals surface area contributed by atoms with E-state index in [1.165, 1.54) is 6.33 Å². The summed E-state index contributed by atoms with van der Waals surface area (Å²) in [6, 6.07) is 14.0. The van der Waals surface area contributed by atoms with Crippen molar-refractivity contribution in [2.24, 2.45) is 0 Å². The molecule has 1 aliphatic rings. The molecule has 2 heterocycles. The Morgan fingerprint density at radius 1 is 1.24 bits per heavy atom. The molecule has 3 aromatic rings. The molecule has 0 saturated heterocycles. The summed E-state index contributed by atoms with van der Waals surface area (Å²) in [5.74, 6) is 1.25. The Hall–Kier alpha value is -3.88. The van der Waals surface area contributed by atoms with E-state index in [-0.39, 0.29) is 30.9 Å². The van der Waals surface area contributed by atoms with Gasteiger partial charge in [-0.1, -0.05) is 12.1 Å². The molecule has 0 spiro atoms. The zero-order valence-corrected chi connectivity index (χ0v) is 15.7. The maximum Gasteiger partial charge on any atom is 0.262 e. The van der Waals surface area contributed by atoms with Crippen LogP contribution in [0.5, 0.6) is 11.5 Å². The quantitative estimate of drug-likeness (QED) is 0.665. The van der Waals surface area contributed by atoms with Crippen molar-refractivity contribution in [3.8, 4) is 11.5 Å². The monoisotopic (exact) mass is 393 g/mol. The Balaban J connectivity index is 1.40. The lowest BCUT2D eigenvalue weighted by Crippen LogP contribution is -2.29. The van der Waals surface area contributed by atoms with Crippen LogP contribution >= 0.6 is 0 Å². The number of methoxy groups -OCH3 is 1. The summed E-state index contributed by atoms with van der Waals surface area (Å²) in [5.41, 5.74) is 1.50. The highest BCUT2D eigenvalue weighted by molar-refractivity contribution is 5.92. The molecule has 9 nitrogen and oxygen atoms in total. The van der Waals surface area contributed by atoms with Crippen LogP contribution in [-0.2, 0) is 9.59 Å². The van der Waals surface area contributed by atoms with Gasteiger partial charge in [-0.2, -0.15) is 10.1 Å². The number of carbonyl (C=O) groups excluding carboxylic acids is 2. The predicted octanol–water partition coefficient (Wildman–Crippen LogP) is 2.24. The number of rotatable bonds is 6. The summed E-state index contributed by atoms with van der Waals surface area (Å²) in [4.78, 5) is 28.1. The second-order valence-corrected chi connectivity index (χ2v) is 6.43. The third-order valence-corrected chi connectivity index (χ3v) is 4.48. The summed E-state index contributed by atoms with van der Waals surface area (Å²) in [6.45, 7) is -0.144. The molecule has 148 valence electrons. The third-order valence-electron chi connectivity index (χ3n) is 4.48. The van der Waals surface area contributed by atoms with Crippen LogP contribution in [0.15, 0.2) is 54.9 Å². The Morgan fingerprint density at radius 3 is 2.86 bits per heavy atom. The van der Waals surface area contributed by atoms with Crippen molar-refractivity contribution < 1.29 is 19.1 Å². The minimum Gasteiger partial charge on any atom is -0.497 e. The first kappa shape index (κ1) is 18.5. The van der Waals surface area contributed by atoms with Crippen molar-refractivity contribution in [2.45, 2.75) is 12.5 Å². The first-order chi connectivity index (χ1) is 14.1. The summed E-state index contributed by atoms with van der Waals surface area (Å²) < 4.78 is 12.4. The molecular formula is C20H19N5O4. The molecule has 0 radical (unpaired) electrons. The third kappa shape index (κ3) is 4.18. The van der Waals surface area contributed by atoms with E-state index < -0.39 is 0 Å². The van der Waals surface area contributed by atoms with Crippen molar-refractivity contribution >= 4 is 23.5 Å². The van der Waals surface area contributed by atoms with Gasteiger partial charge in [0.2, 0.25) is 11.9 Å². The number of amides is 2. The lowest BCUT2D eigenvalue weighted by Gasteiger charge is -2.24. The number of hydrogen-bond acceptors (Lipinski definition) is 6. The molecule has 1 aliphatic heterocycles. The largest absolute Gasteiger partial charge is 0.497 e. The molecule has 0 bridgehead atoms. The Morgan fingerprint density at radius 2 is 2.07 bits per heavy atom. The summed E-state index contributed by atoms with van der Waals surface area (Å²) in [6.07, 6.45) is 1.65. The number of fused-ring (bicyclic) bond motifs is 1. The molecule has 0 saturated carbocycles. The van der Waals surface area contributed by atoms with Crippen LogP contribution in [0.2, 0.25) is 0 Å². The molecule has 2 amide bonds. The maximum atomic E-state index is 12.2. The van der Waals surface area contributed by atoms with Gasteiger partial charge in [-0.05, 0) is 42.0 Å². The molecule has 9 heteroatoms. The molecule has 1 atom stereocenters. The van der Waals surface area contributed by atoms with Crippen LogP contribution < -0.4 is 20.1 Å². The smallest absolute Gasteiger partial charge is 0.262 e. The van der Waals surface area contributed by atoms with Crippen molar-refractivity contribution in [3.05, 3.63) is 60.4 Å². The summed E-state index contributed by atoms with van der Waals surface area (Å²) in [5, 5.41) is 9.63. The number of ether oxygens (including phenoxy) is 2. The normalized spacial score (nSPS) is 15.2. The van der Waals surface area contributed by atoms with Crippen LogP contribution in [0.3, 0.4) is 0 Å². The van der Waals surface area contributed by atoms with Crippen molar-refractivity contribution in [3.63, 3.8) is 0 Å². The predicted molar refractivity (Wildman–Crippen MR) is 105 cm³/mol. The minimum atomic E-state index is -0.281. The van der Waals surface area contributed by atoms with Gasteiger partial charge in [0.25, 0.3) is 5.91 Å². The van der Waals surface area contributed by atoms with Gasteiger partial charge >= 0.3 is 0 Å². The van der Waals surface area contributed by atoms with E-state index in [0.29, 0.717) is 23.1 Å². The highest BCUT2D eigenvalue weighted by Gasteiger charge is 2.27. The second-order valence-electron chi connectivity index (χ2n) is 6.43. The fourth-order valence-electron chi connectivity index (χ4n) is 3.10. The summed E-state index contributed by atoms with van der Waals surface area (Å²) in [7, 11) is 1.58. The molecular weight excluding hydrogens is 374 g/mol. The van der Waals surface area contributed by atoms with Gasteiger partial charge in [0, 0.05) is 5.69 Å². The van der Waals surface area contributed by atoms with Gasteiger partial charge in [0.1, 0.15) is 17.8 Å². The van der Waals surface area contributed by atoms with Crippen molar-refractivity contribution in [1.82, 2.24) is 14.8 Å². The molecule has 29 heavy (non-hydrogen) atoms. The van der Waals surface area contributed by atoms with Gasteiger partial charge in [-0.15, -0.1) is 0 Å². The van der Waals surface area contributed by atoms with Crippen LogP contribution in [0, 0.1) is 0 Å². The Kier molecular flexibility index (Phi) is 5.10. The lowest BCUT2D eigenvalue weighted by molar-refractivity contribution is -0.118. The Labute approximate surface area is 166 Å². The molecule has 0 aliphatic carbocycles. The van der Waals surface area contributed by atoms with Gasteiger partial charge < -0.3 is 14.8 Å². The fraction of sp³-hybridized carbons (Fsp3) is 0.200. The summed E-state index contributed by atoms with van der Waals surface area (Å²) >= 11 is 0. The van der Waals surface area contributed by atoms with E-state index in [0.717, 1.165) is 5.56 Å². The van der Waals surface area contributed by atoms with Crippen molar-refractivity contribution in [1.29, 1.82) is 0 Å². The van der Waals surface area contributed by atoms with Gasteiger partial charge in [0.15, 0.2) is 6.61 Å². The molecule has 1 aromatic heterocycles. The van der Waals surface area contributed by atoms with Gasteiger partial charge in [-0.3, -0.25) is 14.9 Å². The number of hydrogen-bond donors (Lipinski definition) is 2. The van der Waals surface area contributed by atoms with Crippen molar-refractivity contribution in [2.75, 3.05) is 24.4 Å². The van der Waals surface area contributed by atoms with Crippen LogP contribution in [0.1, 0.15) is 18.0 Å². The van der Waals surface area contributed by atoms with Gasteiger partial charge in [0.05, 0.1) is 19.6 Å². The van der Waals surface area contributed by atoms with E-state index in [4.69, 9.17) is 9.47 Å². The fourth-order valence-corrected chi connectivity index (χ4v) is 3.10. The van der Waals surface area contributed by atoms with Gasteiger partial charge in [-0.25, -0.2) is 4.68 Å². The maximum absolute atomic E-state index is 12.2. The molecule has 2 aromatic carbocycles. The van der Waals surface area contributed by atoms with E-state index in [1.54, 1.807) is 48.2 Å². The van der Waals surface area contributed by atoms with E-state index in [9.17, 15) is 9.59 Å². The van der Waals surface area contributed by atoms with E-state index in [2.05, 4.69) is 20.7 Å². The Bertz CT molecular complexity index is 1030. The van der Waals surface area contributed by atoms with Crippen LogP contribution in [-0.4, -0.2) is 40.3 Å². The minimum absolute atomic E-state index is 0.124. The zero-order chi connectivity index (χ0) is 20.2. The number of benzene rings is 2. The average Bonchev–Trinajstić information content (AvgIpc) is 3.21. The molecule has 1 unspecified atom stereocenters. The highest BCUT2D eigenvalue weighted by Crippen LogP contribution is 2.30.